The van der Waals surface area contributed by atoms with Crippen LogP contribution in [-0.2, 0) is 12.0 Å². The molecule has 2 aromatic rings. The molecule has 22 heavy (non-hydrogen) atoms. The number of nitrogens with one attached hydrogen (secondary N) is 2. The van der Waals surface area contributed by atoms with Crippen LogP contribution in [0.15, 0.2) is 16.8 Å². The SMILES string of the molecule is CCCCc1nnc(NC(=O)NC[C@](C)(O)c2ccsc2)s1. The van der Waals surface area contributed by atoms with Crippen LogP contribution in [0, 0.1) is 0 Å². The molecule has 0 saturated heterocycles. The van der Waals surface area contributed by atoms with Gasteiger partial charge in [-0.05, 0) is 35.7 Å². The highest BCUT2D eigenvalue weighted by Crippen LogP contribution is 2.22. The van der Waals surface area contributed by atoms with Crippen LogP contribution in [0.25, 0.3) is 0 Å². The predicted octanol–water partition coefficient (Wildman–Crippen LogP) is 2.97. The maximum atomic E-state index is 11.9. The van der Waals surface area contributed by atoms with Crippen molar-refractivity contribution in [3.05, 3.63) is 27.4 Å². The Morgan fingerprint density at radius 3 is 2.95 bits per heavy atom. The minimum absolute atomic E-state index is 0.122. The Kier molecular flexibility index (Phi) is 5.87. The lowest BCUT2D eigenvalue weighted by Gasteiger charge is -2.22. The van der Waals surface area contributed by atoms with Crippen LogP contribution < -0.4 is 10.6 Å². The van der Waals surface area contributed by atoms with Crippen LogP contribution in [-0.4, -0.2) is 27.9 Å². The number of amides is 2. The highest BCUT2D eigenvalue weighted by molar-refractivity contribution is 7.15. The first-order valence-electron chi connectivity index (χ1n) is 7.13. The number of carbonyl (C=O) groups is 1. The second-order valence-electron chi connectivity index (χ2n) is 5.20. The number of anilines is 1. The van der Waals surface area contributed by atoms with Crippen molar-refractivity contribution in [3.63, 3.8) is 0 Å². The van der Waals surface area contributed by atoms with E-state index in [1.165, 1.54) is 22.7 Å². The fraction of sp³-hybridized carbons (Fsp3) is 0.500. The van der Waals surface area contributed by atoms with Gasteiger partial charge in [0.2, 0.25) is 5.13 Å². The molecule has 0 aliphatic heterocycles. The third-order valence-corrected chi connectivity index (χ3v) is 4.75. The smallest absolute Gasteiger partial charge is 0.321 e. The number of nitrogens with zero attached hydrogens (tertiary/aromatic N) is 2. The Hall–Kier alpha value is -1.51. The summed E-state index contributed by atoms with van der Waals surface area (Å²) < 4.78 is 0. The molecule has 1 atom stereocenters. The van der Waals surface area contributed by atoms with Crippen LogP contribution in [0.5, 0.6) is 0 Å². The summed E-state index contributed by atoms with van der Waals surface area (Å²) in [6, 6.07) is 1.45. The zero-order valence-electron chi connectivity index (χ0n) is 12.6. The minimum atomic E-state index is -1.09. The standard InChI is InChI=1S/C14H20N4O2S2/c1-3-4-5-11-17-18-13(22-11)16-12(19)15-9-14(2,20)10-6-7-21-8-10/h6-8,20H,3-5,9H2,1-2H3,(H2,15,16,18,19)/t14-/m0/s1. The number of aliphatic hydroxyl groups is 1. The van der Waals surface area contributed by atoms with Gasteiger partial charge in [-0.1, -0.05) is 24.7 Å². The van der Waals surface area contributed by atoms with Crippen LogP contribution in [0.3, 0.4) is 0 Å². The van der Waals surface area contributed by atoms with Crippen molar-refractivity contribution in [3.8, 4) is 0 Å². The van der Waals surface area contributed by atoms with Crippen LogP contribution in [0.4, 0.5) is 9.93 Å². The molecule has 8 heteroatoms. The van der Waals surface area contributed by atoms with Gasteiger partial charge in [-0.3, -0.25) is 5.32 Å². The molecular formula is C14H20N4O2S2. The van der Waals surface area contributed by atoms with Gasteiger partial charge >= 0.3 is 6.03 Å². The summed E-state index contributed by atoms with van der Waals surface area (Å²) in [6.07, 6.45) is 3.04. The number of thiophene rings is 1. The maximum absolute atomic E-state index is 11.9. The topological polar surface area (TPSA) is 87.1 Å². The Morgan fingerprint density at radius 2 is 2.27 bits per heavy atom. The quantitative estimate of drug-likeness (QED) is 0.723. The monoisotopic (exact) mass is 340 g/mol. The molecule has 0 spiro atoms. The van der Waals surface area contributed by atoms with Gasteiger partial charge in [0, 0.05) is 6.42 Å². The third-order valence-electron chi connectivity index (χ3n) is 3.17. The summed E-state index contributed by atoms with van der Waals surface area (Å²) in [6.45, 7) is 3.91. The molecule has 0 fully saturated rings. The molecule has 0 radical (unpaired) electrons. The summed E-state index contributed by atoms with van der Waals surface area (Å²) in [5, 5.41) is 28.7. The number of hydrogen-bond donors (Lipinski definition) is 3. The maximum Gasteiger partial charge on any atom is 0.321 e. The molecule has 2 aromatic heterocycles. The lowest BCUT2D eigenvalue weighted by Crippen LogP contribution is -2.40. The molecule has 3 N–H and O–H groups in total. The first-order chi connectivity index (χ1) is 10.5. The first-order valence-corrected chi connectivity index (χ1v) is 8.89. The third kappa shape index (κ3) is 4.75. The van der Waals surface area contributed by atoms with Gasteiger partial charge in [0.15, 0.2) is 0 Å². The molecule has 120 valence electrons. The van der Waals surface area contributed by atoms with Crippen molar-refractivity contribution in [2.24, 2.45) is 0 Å². The van der Waals surface area contributed by atoms with E-state index in [1.54, 1.807) is 6.92 Å². The van der Waals surface area contributed by atoms with Crippen molar-refractivity contribution in [2.75, 3.05) is 11.9 Å². The second-order valence-corrected chi connectivity index (χ2v) is 7.04. The number of hydrogen-bond acceptors (Lipinski definition) is 6. The van der Waals surface area contributed by atoms with Crippen molar-refractivity contribution >= 4 is 33.8 Å². The largest absolute Gasteiger partial charge is 0.384 e. The number of carbonyl (C=O) groups excluding carboxylic acids is 1. The molecule has 0 unspecified atom stereocenters. The second kappa shape index (κ2) is 7.66. The van der Waals surface area contributed by atoms with E-state index in [0.717, 1.165) is 29.8 Å². The summed E-state index contributed by atoms with van der Waals surface area (Å²) >= 11 is 2.88. The molecule has 0 bridgehead atoms. The van der Waals surface area contributed by atoms with Gasteiger partial charge < -0.3 is 10.4 Å². The number of aromatic nitrogens is 2. The number of unbranched alkanes of at least 4 members (excludes halogenated alkanes) is 1. The number of urea groups is 1. The summed E-state index contributed by atoms with van der Waals surface area (Å²) in [5.41, 5.74) is -0.305. The van der Waals surface area contributed by atoms with E-state index in [2.05, 4.69) is 27.8 Å². The Balaban J connectivity index is 1.81. The molecule has 2 heterocycles. The lowest BCUT2D eigenvalue weighted by molar-refractivity contribution is 0.0604. The van der Waals surface area contributed by atoms with Crippen molar-refractivity contribution in [1.82, 2.24) is 15.5 Å². The van der Waals surface area contributed by atoms with Gasteiger partial charge in [0.05, 0.1) is 6.54 Å². The highest BCUT2D eigenvalue weighted by Gasteiger charge is 2.24. The first kappa shape index (κ1) is 16.9. The van der Waals surface area contributed by atoms with Gasteiger partial charge in [-0.25, -0.2) is 4.79 Å². The van der Waals surface area contributed by atoms with E-state index >= 15 is 0 Å². The summed E-state index contributed by atoms with van der Waals surface area (Å²) in [5.74, 6) is 0. The van der Waals surface area contributed by atoms with Gasteiger partial charge in [-0.2, -0.15) is 11.3 Å². The molecule has 6 nitrogen and oxygen atoms in total. The molecule has 0 aromatic carbocycles. The van der Waals surface area contributed by atoms with Crippen LogP contribution in [0.2, 0.25) is 0 Å². The molecule has 0 aliphatic carbocycles. The zero-order chi connectivity index (χ0) is 16.0. The Bertz CT molecular complexity index is 596. The number of rotatable bonds is 7. The summed E-state index contributed by atoms with van der Waals surface area (Å²) in [4.78, 5) is 11.9. The lowest BCUT2D eigenvalue weighted by atomic mass is 9.99. The van der Waals surface area contributed by atoms with E-state index in [1.807, 2.05) is 16.8 Å². The molecule has 2 rings (SSSR count). The predicted molar refractivity (Wildman–Crippen MR) is 89.4 cm³/mol. The van der Waals surface area contributed by atoms with E-state index in [0.29, 0.717) is 5.13 Å². The van der Waals surface area contributed by atoms with E-state index < -0.39 is 11.6 Å². The normalized spacial score (nSPS) is 13.6. The average molecular weight is 340 g/mol. The zero-order valence-corrected chi connectivity index (χ0v) is 14.3. The van der Waals surface area contributed by atoms with Gasteiger partial charge in [0.25, 0.3) is 0 Å². The Morgan fingerprint density at radius 1 is 1.45 bits per heavy atom. The van der Waals surface area contributed by atoms with E-state index in [4.69, 9.17) is 0 Å². The fourth-order valence-electron chi connectivity index (χ4n) is 1.80. The highest BCUT2D eigenvalue weighted by atomic mass is 32.1. The fourth-order valence-corrected chi connectivity index (χ4v) is 3.36. The van der Waals surface area contributed by atoms with Crippen molar-refractivity contribution < 1.29 is 9.90 Å². The molecular weight excluding hydrogens is 320 g/mol. The van der Waals surface area contributed by atoms with Crippen molar-refractivity contribution in [2.45, 2.75) is 38.7 Å². The van der Waals surface area contributed by atoms with Crippen LogP contribution in [0.1, 0.15) is 37.3 Å². The van der Waals surface area contributed by atoms with Gasteiger partial charge in [-0.15, -0.1) is 10.2 Å². The molecule has 2 amide bonds. The number of aryl methyl sites for hydroxylation is 1. The van der Waals surface area contributed by atoms with E-state index in [-0.39, 0.29) is 6.54 Å². The van der Waals surface area contributed by atoms with E-state index in [9.17, 15) is 9.90 Å². The Labute approximate surface area is 137 Å². The summed E-state index contributed by atoms with van der Waals surface area (Å²) in [7, 11) is 0. The minimum Gasteiger partial charge on any atom is -0.384 e. The van der Waals surface area contributed by atoms with Gasteiger partial charge in [0.1, 0.15) is 10.6 Å². The van der Waals surface area contributed by atoms with Crippen LogP contribution >= 0.6 is 22.7 Å². The average Bonchev–Trinajstić information content (AvgIpc) is 3.15. The molecule has 0 saturated carbocycles. The van der Waals surface area contributed by atoms with Crippen molar-refractivity contribution in [1.29, 1.82) is 0 Å². The molecule has 0 aliphatic rings.